The molecule has 310 valence electrons. The molecule has 0 unspecified atom stereocenters. The van der Waals surface area contributed by atoms with E-state index < -0.39 is 5.41 Å². The highest BCUT2D eigenvalue weighted by molar-refractivity contribution is 6.19. The van der Waals surface area contributed by atoms with Crippen LogP contribution in [0, 0.1) is 0 Å². The van der Waals surface area contributed by atoms with Gasteiger partial charge in [-0.25, -0.2) is 0 Å². The third-order valence-corrected chi connectivity index (χ3v) is 15.2. The largest absolute Gasteiger partial charge is 0.310 e. The second-order valence-corrected chi connectivity index (χ2v) is 18.7. The Balaban J connectivity index is 1.12. The normalized spacial score (nSPS) is 14.2. The van der Waals surface area contributed by atoms with Gasteiger partial charge in [-0.05, 0) is 97.6 Å². The van der Waals surface area contributed by atoms with Crippen LogP contribution in [0.3, 0.4) is 0 Å². The highest BCUT2D eigenvalue weighted by atomic mass is 15.2. The molecule has 2 heterocycles. The van der Waals surface area contributed by atoms with Gasteiger partial charge in [0.1, 0.15) is 0 Å². The Morgan fingerprint density at radius 1 is 0.394 bits per heavy atom. The van der Waals surface area contributed by atoms with Crippen LogP contribution in [0.2, 0.25) is 0 Å². The molecule has 0 bridgehead atoms. The zero-order valence-corrected chi connectivity index (χ0v) is 36.8. The van der Waals surface area contributed by atoms with Gasteiger partial charge < -0.3 is 9.47 Å². The average molecular weight is 841 g/mol. The van der Waals surface area contributed by atoms with Crippen molar-refractivity contribution in [3.63, 3.8) is 0 Å². The predicted molar refractivity (Wildman–Crippen MR) is 275 cm³/mol. The van der Waals surface area contributed by atoms with Crippen LogP contribution in [0.15, 0.2) is 231 Å². The van der Waals surface area contributed by atoms with Crippen molar-refractivity contribution in [3.8, 4) is 50.2 Å². The average Bonchev–Trinajstić information content (AvgIpc) is 3.93. The van der Waals surface area contributed by atoms with Crippen molar-refractivity contribution in [2.45, 2.75) is 24.7 Å². The summed E-state index contributed by atoms with van der Waals surface area (Å²) in [4.78, 5) is 2.61. The number of anilines is 3. The molecule has 0 N–H and O–H groups in total. The van der Waals surface area contributed by atoms with Crippen LogP contribution in [0.25, 0.3) is 72.0 Å². The summed E-state index contributed by atoms with van der Waals surface area (Å²) in [7, 11) is 0. The number of hydrogen-bond donors (Lipinski definition) is 0. The van der Waals surface area contributed by atoms with Crippen LogP contribution in [0.4, 0.5) is 17.1 Å². The summed E-state index contributed by atoms with van der Waals surface area (Å²) >= 11 is 0. The van der Waals surface area contributed by atoms with Crippen molar-refractivity contribution in [2.75, 3.05) is 4.90 Å². The van der Waals surface area contributed by atoms with Crippen molar-refractivity contribution >= 4 is 38.9 Å². The Hall–Kier alpha value is -8.20. The lowest BCUT2D eigenvalue weighted by atomic mass is 9.68. The summed E-state index contributed by atoms with van der Waals surface area (Å²) < 4.78 is 2.55. The fourth-order valence-electron chi connectivity index (χ4n) is 12.5. The Kier molecular flexibility index (Phi) is 7.70. The van der Waals surface area contributed by atoms with Gasteiger partial charge in [-0.3, -0.25) is 0 Å². The smallest absolute Gasteiger partial charge is 0.0714 e. The number of hydrogen-bond acceptors (Lipinski definition) is 1. The van der Waals surface area contributed by atoms with E-state index in [-0.39, 0.29) is 5.41 Å². The molecular formula is C64H44N2. The molecule has 0 fully saturated rings. The Labute approximate surface area is 385 Å². The van der Waals surface area contributed by atoms with Crippen molar-refractivity contribution in [3.05, 3.63) is 264 Å². The zero-order valence-electron chi connectivity index (χ0n) is 36.8. The van der Waals surface area contributed by atoms with E-state index in [1.54, 1.807) is 0 Å². The number of nitrogens with zero attached hydrogens (tertiary/aromatic N) is 2. The van der Waals surface area contributed by atoms with Crippen LogP contribution in [0.5, 0.6) is 0 Å². The van der Waals surface area contributed by atoms with Gasteiger partial charge in [0.15, 0.2) is 0 Å². The minimum Gasteiger partial charge on any atom is -0.310 e. The number of rotatable bonds is 6. The topological polar surface area (TPSA) is 8.17 Å². The lowest BCUT2D eigenvalue weighted by molar-refractivity contribution is 0.661. The Morgan fingerprint density at radius 2 is 1.03 bits per heavy atom. The molecule has 0 spiro atoms. The molecule has 3 aliphatic rings. The summed E-state index contributed by atoms with van der Waals surface area (Å²) in [5.41, 5.74) is 24.3. The molecule has 66 heavy (non-hydrogen) atoms. The van der Waals surface area contributed by atoms with Crippen molar-refractivity contribution < 1.29 is 0 Å². The first-order valence-corrected chi connectivity index (χ1v) is 23.2. The summed E-state index contributed by atoms with van der Waals surface area (Å²) in [5, 5.41) is 2.58. The number of benzene rings is 10. The maximum atomic E-state index is 2.61. The Morgan fingerprint density at radius 3 is 1.82 bits per heavy atom. The van der Waals surface area contributed by atoms with Gasteiger partial charge in [0.05, 0.1) is 33.5 Å². The lowest BCUT2D eigenvalue weighted by Gasteiger charge is -2.35. The summed E-state index contributed by atoms with van der Waals surface area (Å²) in [6.07, 6.45) is 0. The van der Waals surface area contributed by atoms with E-state index in [1.807, 2.05) is 0 Å². The highest BCUT2D eigenvalue weighted by Crippen LogP contribution is 2.64. The van der Waals surface area contributed by atoms with Gasteiger partial charge in [0.25, 0.3) is 0 Å². The molecule has 11 aromatic rings. The van der Waals surface area contributed by atoms with E-state index in [9.17, 15) is 0 Å². The van der Waals surface area contributed by atoms with Gasteiger partial charge in [-0.2, -0.15) is 0 Å². The summed E-state index contributed by atoms with van der Waals surface area (Å²) in [6.45, 7) is 4.91. The standard InChI is InChI=1S/C64H44N2/c1-63(2)52-38-36-49-47-29-14-17-34-55(47)66-54-33-16-13-28-46(54)48-37-39-57(61(63)59(48)60(52)62(49)66)65(45-27-18-22-42(40-45)41-20-6-3-7-21-41)56-35-19-32-53-58(56)50-30-12-15-31-51(50)64(53,43-23-8-4-9-24-43)44-25-10-5-11-26-44/h3-40H,1-2H3. The maximum Gasteiger partial charge on any atom is 0.0714 e. The van der Waals surface area contributed by atoms with Crippen LogP contribution in [-0.2, 0) is 10.8 Å². The van der Waals surface area contributed by atoms with Gasteiger partial charge in [0, 0.05) is 38.6 Å². The summed E-state index contributed by atoms with van der Waals surface area (Å²) in [6, 6.07) is 86.2. The van der Waals surface area contributed by atoms with Gasteiger partial charge in [0.2, 0.25) is 0 Å². The minimum atomic E-state index is -0.537. The number of para-hydroxylation sites is 2. The van der Waals surface area contributed by atoms with Gasteiger partial charge >= 0.3 is 0 Å². The first-order chi connectivity index (χ1) is 32.5. The maximum absolute atomic E-state index is 2.61. The fraction of sp³-hybridized carbons (Fsp3) is 0.0625. The van der Waals surface area contributed by atoms with Crippen LogP contribution >= 0.6 is 0 Å². The molecule has 2 nitrogen and oxygen atoms in total. The van der Waals surface area contributed by atoms with E-state index >= 15 is 0 Å². The zero-order chi connectivity index (χ0) is 43.7. The third kappa shape index (κ3) is 4.80. The second-order valence-electron chi connectivity index (χ2n) is 18.7. The molecule has 0 radical (unpaired) electrons. The SMILES string of the molecule is CC1(C)c2ccc3c4ccccc4n4c3c2-c2c(ccc(N(c3cccc(-c5ccccc5)c3)c3cccc5c3-c3ccccc3C5(c3ccccc3)c3ccccc3)c21)-c1ccccc1-4. The molecule has 1 aliphatic heterocycles. The van der Waals surface area contributed by atoms with E-state index in [2.05, 4.69) is 254 Å². The molecule has 0 amide bonds. The predicted octanol–water partition coefficient (Wildman–Crippen LogP) is 16.6. The first kappa shape index (κ1) is 37.2. The molecule has 2 heteroatoms. The van der Waals surface area contributed by atoms with E-state index in [4.69, 9.17) is 0 Å². The molecular weight excluding hydrogens is 797 g/mol. The third-order valence-electron chi connectivity index (χ3n) is 15.2. The number of fused-ring (bicyclic) bond motifs is 9. The molecule has 0 saturated heterocycles. The minimum absolute atomic E-state index is 0.346. The van der Waals surface area contributed by atoms with Crippen LogP contribution in [-0.4, -0.2) is 4.57 Å². The fourth-order valence-corrected chi connectivity index (χ4v) is 12.5. The second kappa shape index (κ2) is 13.7. The van der Waals surface area contributed by atoms with E-state index in [0.717, 1.165) is 11.4 Å². The van der Waals surface area contributed by atoms with Crippen molar-refractivity contribution in [2.24, 2.45) is 0 Å². The monoisotopic (exact) mass is 840 g/mol. The van der Waals surface area contributed by atoms with Crippen LogP contribution < -0.4 is 4.90 Å². The van der Waals surface area contributed by atoms with Gasteiger partial charge in [-0.15, -0.1) is 0 Å². The van der Waals surface area contributed by atoms with E-state index in [1.165, 1.54) is 111 Å². The first-order valence-electron chi connectivity index (χ1n) is 23.2. The highest BCUT2D eigenvalue weighted by Gasteiger charge is 2.49. The number of aromatic nitrogens is 1. The molecule has 1 aromatic heterocycles. The Bertz CT molecular complexity index is 3740. The molecule has 10 aromatic carbocycles. The van der Waals surface area contributed by atoms with Crippen molar-refractivity contribution in [1.29, 1.82) is 0 Å². The van der Waals surface area contributed by atoms with Crippen molar-refractivity contribution in [1.82, 2.24) is 4.57 Å². The molecule has 2 aliphatic carbocycles. The molecule has 0 saturated carbocycles. The van der Waals surface area contributed by atoms with Gasteiger partial charge in [-0.1, -0.05) is 208 Å². The summed E-state index contributed by atoms with van der Waals surface area (Å²) in [5.74, 6) is 0. The van der Waals surface area contributed by atoms with Crippen LogP contribution in [0.1, 0.15) is 47.2 Å². The van der Waals surface area contributed by atoms with E-state index in [0.29, 0.717) is 0 Å². The quantitative estimate of drug-likeness (QED) is 0.162. The molecule has 0 atom stereocenters. The molecule has 14 rings (SSSR count). The lowest BCUT2D eigenvalue weighted by Crippen LogP contribution is -2.28.